The molecule has 2 aromatic carbocycles. The van der Waals surface area contributed by atoms with Crippen LogP contribution in [0.1, 0.15) is 12.8 Å². The molecule has 1 aliphatic heterocycles. The summed E-state index contributed by atoms with van der Waals surface area (Å²) < 4.78 is 48.6. The molecule has 4 rings (SSSR count). The van der Waals surface area contributed by atoms with Crippen LogP contribution in [0.5, 0.6) is 17.2 Å². The SMILES string of the molecule is COc1cc(NC(=O)[C@@H]2CCCN(S(=O)(=O)c3ccc4[nH]c(=O)oc4c3)C2)cc(OC)c1OC. The molecular formula is C22H25N3O8S. The van der Waals surface area contributed by atoms with Crippen LogP contribution in [0.4, 0.5) is 5.69 Å². The predicted molar refractivity (Wildman–Crippen MR) is 123 cm³/mol. The third kappa shape index (κ3) is 4.46. The number of aromatic amines is 1. The zero-order valence-electron chi connectivity index (χ0n) is 18.9. The predicted octanol–water partition coefficient (Wildman–Crippen LogP) is 2.19. The number of fused-ring (bicyclic) bond motifs is 1. The first-order valence-electron chi connectivity index (χ1n) is 10.5. The molecule has 1 aliphatic rings. The first-order chi connectivity index (χ1) is 16.3. The largest absolute Gasteiger partial charge is 0.493 e. The second kappa shape index (κ2) is 9.39. The van der Waals surface area contributed by atoms with Crippen molar-refractivity contribution in [2.75, 3.05) is 39.7 Å². The average Bonchev–Trinajstić information content (AvgIpc) is 3.22. The van der Waals surface area contributed by atoms with E-state index < -0.39 is 21.7 Å². The van der Waals surface area contributed by atoms with Crippen molar-refractivity contribution in [3.63, 3.8) is 0 Å². The number of amides is 1. The van der Waals surface area contributed by atoms with Gasteiger partial charge >= 0.3 is 5.76 Å². The number of nitrogens with zero attached hydrogens (tertiary/aromatic N) is 1. The Labute approximate surface area is 195 Å². The van der Waals surface area contributed by atoms with Crippen LogP contribution in [0.15, 0.2) is 44.4 Å². The number of methoxy groups -OCH3 is 3. The zero-order valence-corrected chi connectivity index (χ0v) is 19.7. The normalized spacial score (nSPS) is 16.9. The second-order valence-corrected chi connectivity index (χ2v) is 9.72. The van der Waals surface area contributed by atoms with Crippen LogP contribution in [-0.2, 0) is 14.8 Å². The molecule has 0 saturated carbocycles. The highest BCUT2D eigenvalue weighted by Crippen LogP contribution is 2.40. The number of piperidine rings is 1. The highest BCUT2D eigenvalue weighted by Gasteiger charge is 2.34. The van der Waals surface area contributed by atoms with E-state index in [1.54, 1.807) is 12.1 Å². The van der Waals surface area contributed by atoms with Crippen LogP contribution >= 0.6 is 0 Å². The number of carbonyl (C=O) groups is 1. The van der Waals surface area contributed by atoms with E-state index in [0.717, 1.165) is 0 Å². The molecule has 0 bridgehead atoms. The van der Waals surface area contributed by atoms with E-state index in [-0.39, 0.29) is 29.5 Å². The number of sulfonamides is 1. The average molecular weight is 492 g/mol. The first-order valence-corrected chi connectivity index (χ1v) is 11.9. The molecule has 1 fully saturated rings. The lowest BCUT2D eigenvalue weighted by atomic mass is 9.98. The summed E-state index contributed by atoms with van der Waals surface area (Å²) >= 11 is 0. The van der Waals surface area contributed by atoms with Gasteiger partial charge in [0.2, 0.25) is 21.7 Å². The number of oxazole rings is 1. The minimum atomic E-state index is -3.89. The molecule has 1 saturated heterocycles. The molecule has 3 aromatic rings. The Hall–Kier alpha value is -3.51. The van der Waals surface area contributed by atoms with Crippen LogP contribution in [0.25, 0.3) is 11.1 Å². The number of rotatable bonds is 7. The second-order valence-electron chi connectivity index (χ2n) is 7.78. The van der Waals surface area contributed by atoms with E-state index in [2.05, 4.69) is 10.3 Å². The molecule has 2 N–H and O–H groups in total. The number of carbonyl (C=O) groups excluding carboxylic acids is 1. The fourth-order valence-electron chi connectivity index (χ4n) is 4.01. The van der Waals surface area contributed by atoms with E-state index in [9.17, 15) is 18.0 Å². The fraction of sp³-hybridized carbons (Fsp3) is 0.364. The summed E-state index contributed by atoms with van der Waals surface area (Å²) in [7, 11) is 0.540. The third-order valence-corrected chi connectivity index (χ3v) is 7.58. The van der Waals surface area contributed by atoms with Crippen molar-refractivity contribution in [2.45, 2.75) is 17.7 Å². The standard InChI is InChI=1S/C22H25N3O8S/c1-30-18-9-14(10-19(31-2)20(18)32-3)23-21(26)13-5-4-8-25(12-13)34(28,29)15-6-7-16-17(11-15)33-22(27)24-16/h6-7,9-11,13H,4-5,8,12H2,1-3H3,(H,23,26)(H,24,27)/t13-/m1/s1. The van der Waals surface area contributed by atoms with E-state index in [0.29, 0.717) is 41.3 Å². The lowest BCUT2D eigenvalue weighted by Crippen LogP contribution is -2.43. The molecular weight excluding hydrogens is 466 g/mol. The Kier molecular flexibility index (Phi) is 6.53. The van der Waals surface area contributed by atoms with Gasteiger partial charge in [-0.2, -0.15) is 4.31 Å². The van der Waals surface area contributed by atoms with Crippen LogP contribution < -0.4 is 25.3 Å². The zero-order chi connectivity index (χ0) is 24.5. The maximum Gasteiger partial charge on any atom is 0.417 e. The van der Waals surface area contributed by atoms with Gasteiger partial charge in [0.25, 0.3) is 0 Å². The van der Waals surface area contributed by atoms with Crippen molar-refractivity contribution in [3.05, 3.63) is 40.9 Å². The molecule has 34 heavy (non-hydrogen) atoms. The van der Waals surface area contributed by atoms with Gasteiger partial charge in [0.05, 0.1) is 37.7 Å². The number of aromatic nitrogens is 1. The summed E-state index contributed by atoms with van der Waals surface area (Å²) in [6.07, 6.45) is 1.06. The topological polar surface area (TPSA) is 140 Å². The van der Waals surface area contributed by atoms with Crippen molar-refractivity contribution < 1.29 is 31.8 Å². The molecule has 11 nitrogen and oxygen atoms in total. The van der Waals surface area contributed by atoms with Crippen LogP contribution in [0.2, 0.25) is 0 Å². The van der Waals surface area contributed by atoms with E-state index in [1.807, 2.05) is 0 Å². The van der Waals surface area contributed by atoms with Gasteiger partial charge in [0.1, 0.15) is 0 Å². The Morgan fingerprint density at radius 2 is 1.82 bits per heavy atom. The summed E-state index contributed by atoms with van der Waals surface area (Å²) in [5.41, 5.74) is 0.998. The highest BCUT2D eigenvalue weighted by molar-refractivity contribution is 7.89. The van der Waals surface area contributed by atoms with Gasteiger partial charge in [-0.05, 0) is 25.0 Å². The van der Waals surface area contributed by atoms with Crippen molar-refractivity contribution in [1.82, 2.24) is 9.29 Å². The first kappa shape index (κ1) is 23.6. The van der Waals surface area contributed by atoms with Gasteiger partial charge in [-0.1, -0.05) is 0 Å². The Balaban J connectivity index is 1.53. The molecule has 0 radical (unpaired) electrons. The summed E-state index contributed by atoms with van der Waals surface area (Å²) in [6, 6.07) is 7.41. The van der Waals surface area contributed by atoms with Gasteiger partial charge in [-0.3, -0.25) is 9.78 Å². The summed E-state index contributed by atoms with van der Waals surface area (Å²) in [5.74, 6) is -0.370. The van der Waals surface area contributed by atoms with Crippen molar-refractivity contribution >= 4 is 32.7 Å². The molecule has 0 unspecified atom stereocenters. The summed E-state index contributed by atoms with van der Waals surface area (Å²) in [4.78, 5) is 26.9. The molecule has 0 aliphatic carbocycles. The van der Waals surface area contributed by atoms with Crippen LogP contribution in [0.3, 0.4) is 0 Å². The Morgan fingerprint density at radius 3 is 2.47 bits per heavy atom. The smallest absolute Gasteiger partial charge is 0.417 e. The highest BCUT2D eigenvalue weighted by atomic mass is 32.2. The van der Waals surface area contributed by atoms with Crippen molar-refractivity contribution in [3.8, 4) is 17.2 Å². The van der Waals surface area contributed by atoms with Crippen LogP contribution in [0, 0.1) is 5.92 Å². The summed E-state index contributed by atoms with van der Waals surface area (Å²) in [6.45, 7) is 0.305. The van der Waals surface area contributed by atoms with Gasteiger partial charge in [-0.15, -0.1) is 0 Å². The fourth-order valence-corrected chi connectivity index (χ4v) is 5.55. The van der Waals surface area contributed by atoms with Crippen molar-refractivity contribution in [1.29, 1.82) is 0 Å². The van der Waals surface area contributed by atoms with Gasteiger partial charge in [-0.25, -0.2) is 13.2 Å². The maximum absolute atomic E-state index is 13.2. The molecule has 12 heteroatoms. The van der Waals surface area contributed by atoms with E-state index in [4.69, 9.17) is 18.6 Å². The number of benzene rings is 2. The number of nitrogens with one attached hydrogen (secondary N) is 2. The molecule has 182 valence electrons. The number of anilines is 1. The lowest BCUT2D eigenvalue weighted by Gasteiger charge is -2.31. The van der Waals surface area contributed by atoms with Gasteiger partial charge in [0.15, 0.2) is 17.1 Å². The Morgan fingerprint density at radius 1 is 1.12 bits per heavy atom. The maximum atomic E-state index is 13.2. The molecule has 0 spiro atoms. The molecule has 1 amide bonds. The number of ether oxygens (including phenoxy) is 3. The monoisotopic (exact) mass is 491 g/mol. The number of hydrogen-bond acceptors (Lipinski definition) is 8. The lowest BCUT2D eigenvalue weighted by molar-refractivity contribution is -0.120. The van der Waals surface area contributed by atoms with Gasteiger partial charge in [0, 0.05) is 37.0 Å². The van der Waals surface area contributed by atoms with E-state index >= 15 is 0 Å². The Bertz CT molecular complexity index is 1350. The number of H-pyrrole nitrogens is 1. The minimum absolute atomic E-state index is 0.00608. The van der Waals surface area contributed by atoms with Crippen LogP contribution in [-0.4, -0.2) is 58.0 Å². The van der Waals surface area contributed by atoms with Crippen molar-refractivity contribution in [2.24, 2.45) is 5.92 Å². The quantitative estimate of drug-likeness (QED) is 0.513. The van der Waals surface area contributed by atoms with Gasteiger partial charge < -0.3 is 23.9 Å². The molecule has 1 atom stereocenters. The summed E-state index contributed by atoms with van der Waals surface area (Å²) in [5, 5.41) is 2.82. The number of hydrogen-bond donors (Lipinski definition) is 2. The minimum Gasteiger partial charge on any atom is -0.493 e. The third-order valence-electron chi connectivity index (χ3n) is 5.72. The van der Waals surface area contributed by atoms with E-state index in [1.165, 1.54) is 43.8 Å². The molecule has 2 heterocycles. The molecule has 1 aromatic heterocycles.